The molecule has 0 heterocycles. The fourth-order valence-corrected chi connectivity index (χ4v) is 5.97. The number of hydrogen-bond donors (Lipinski definition) is 1. The van der Waals surface area contributed by atoms with Gasteiger partial charge in [-0.3, -0.25) is 14.4 Å². The van der Waals surface area contributed by atoms with Crippen LogP contribution in [0.2, 0.25) is 0 Å². The first kappa shape index (κ1) is 22.9. The van der Waals surface area contributed by atoms with E-state index in [2.05, 4.69) is 43.3 Å². The molecule has 0 unspecified atom stereocenters. The molecule has 6 aromatic carbocycles. The molecule has 0 atom stereocenters. The Hall–Kier alpha value is -4.57. The molecule has 0 saturated carbocycles. The first-order valence-electron chi connectivity index (χ1n) is 12.5. The van der Waals surface area contributed by atoms with E-state index in [-0.39, 0.29) is 0 Å². The fraction of sp³-hybridized carbons (Fsp3) is 0.121. The van der Waals surface area contributed by atoms with Crippen LogP contribution in [0, 0.1) is 6.92 Å². The van der Waals surface area contributed by atoms with Crippen LogP contribution in [0.15, 0.2) is 72.8 Å². The molecule has 0 bridgehead atoms. The summed E-state index contributed by atoms with van der Waals surface area (Å²) in [6, 6.07) is 23.9. The van der Waals surface area contributed by atoms with Gasteiger partial charge in [-0.2, -0.15) is 0 Å². The van der Waals surface area contributed by atoms with Crippen molar-refractivity contribution in [3.63, 3.8) is 0 Å². The van der Waals surface area contributed by atoms with E-state index in [1.165, 1.54) is 11.1 Å². The normalized spacial score (nSPS) is 11.6. The summed E-state index contributed by atoms with van der Waals surface area (Å²) in [4.78, 5) is 36.3. The minimum Gasteiger partial charge on any atom is -0.366 e. The molecule has 6 rings (SSSR count). The van der Waals surface area contributed by atoms with Crippen LogP contribution < -0.4 is 5.73 Å². The summed E-state index contributed by atoms with van der Waals surface area (Å²) in [5, 5.41) is 7.30. The fourth-order valence-electron chi connectivity index (χ4n) is 5.97. The van der Waals surface area contributed by atoms with Crippen molar-refractivity contribution >= 4 is 61.6 Å². The number of rotatable bonds is 7. The molecule has 4 heteroatoms. The lowest BCUT2D eigenvalue weighted by Gasteiger charge is -2.19. The van der Waals surface area contributed by atoms with Crippen molar-refractivity contribution in [3.05, 3.63) is 106 Å². The molecule has 0 aromatic heterocycles. The van der Waals surface area contributed by atoms with E-state index in [1.54, 1.807) is 12.1 Å². The van der Waals surface area contributed by atoms with Gasteiger partial charge in [0.25, 0.3) is 0 Å². The number of hydrogen-bond acceptors (Lipinski definition) is 3. The van der Waals surface area contributed by atoms with E-state index in [4.69, 9.17) is 5.73 Å². The summed E-state index contributed by atoms with van der Waals surface area (Å²) >= 11 is 0. The van der Waals surface area contributed by atoms with Crippen LogP contribution in [0.3, 0.4) is 0 Å². The number of aryl methyl sites for hydroxylation is 3. The minimum absolute atomic E-state index is 0.452. The highest BCUT2D eigenvalue weighted by molar-refractivity contribution is 6.36. The number of nitrogens with two attached hydrogens (primary N) is 1. The van der Waals surface area contributed by atoms with Crippen LogP contribution in [0.1, 0.15) is 54.2 Å². The number of amides is 1. The second-order valence-corrected chi connectivity index (χ2v) is 9.78. The van der Waals surface area contributed by atoms with Gasteiger partial charge >= 0.3 is 0 Å². The molecule has 0 saturated heterocycles. The molecule has 0 spiro atoms. The molecule has 2 N–H and O–H groups in total. The Balaban J connectivity index is 1.62. The van der Waals surface area contributed by atoms with E-state index in [1.807, 2.05) is 24.3 Å². The van der Waals surface area contributed by atoms with Crippen molar-refractivity contribution in [1.82, 2.24) is 0 Å². The maximum atomic E-state index is 12.6. The number of fused-ring (bicyclic) bond motifs is 2. The quantitative estimate of drug-likeness (QED) is 0.152. The summed E-state index contributed by atoms with van der Waals surface area (Å²) in [6.45, 7) is 2.10. The molecular weight excluding hydrogens is 458 g/mol. The Kier molecular flexibility index (Phi) is 5.45. The monoisotopic (exact) mass is 483 g/mol. The zero-order chi connectivity index (χ0) is 25.7. The predicted molar refractivity (Wildman–Crippen MR) is 150 cm³/mol. The smallest absolute Gasteiger partial charge is 0.249 e. The Labute approximate surface area is 214 Å². The molecule has 37 heavy (non-hydrogen) atoms. The third-order valence-corrected chi connectivity index (χ3v) is 7.57. The standard InChI is InChI=1S/C33H25NO3/c1-19-4-2-5-20(16-19)6-3-7-21-8-11-26-24-12-9-22(17-35)29-23(18-36)10-13-25(31(24)29)27-14-15-28(33(34)37)30(21)32(26)27/h2,4-5,8-18H,3,6-7H2,1H3,(H2,34,37). The topological polar surface area (TPSA) is 77.2 Å². The van der Waals surface area contributed by atoms with Crippen LogP contribution in [-0.4, -0.2) is 18.5 Å². The summed E-state index contributed by atoms with van der Waals surface area (Å²) in [5.41, 5.74) is 11.0. The van der Waals surface area contributed by atoms with Gasteiger partial charge in [-0.05, 0) is 81.1 Å². The second-order valence-electron chi connectivity index (χ2n) is 9.78. The number of carbonyl (C=O) groups excluding carboxylic acids is 3. The zero-order valence-electron chi connectivity index (χ0n) is 20.5. The molecule has 0 radical (unpaired) electrons. The van der Waals surface area contributed by atoms with Crippen molar-refractivity contribution in [2.75, 3.05) is 0 Å². The lowest BCUT2D eigenvalue weighted by molar-refractivity contribution is 0.100. The maximum absolute atomic E-state index is 12.6. The maximum Gasteiger partial charge on any atom is 0.249 e. The van der Waals surface area contributed by atoms with Gasteiger partial charge in [-0.15, -0.1) is 0 Å². The van der Waals surface area contributed by atoms with E-state index in [0.29, 0.717) is 22.1 Å². The first-order valence-corrected chi connectivity index (χ1v) is 12.5. The molecule has 0 aliphatic heterocycles. The Morgan fingerprint density at radius 3 is 1.89 bits per heavy atom. The van der Waals surface area contributed by atoms with E-state index >= 15 is 0 Å². The Bertz CT molecular complexity index is 1820. The van der Waals surface area contributed by atoms with Crippen molar-refractivity contribution in [1.29, 1.82) is 0 Å². The lowest BCUT2D eigenvalue weighted by Crippen LogP contribution is -2.12. The molecule has 0 aliphatic carbocycles. The van der Waals surface area contributed by atoms with Gasteiger partial charge in [0, 0.05) is 22.1 Å². The average molecular weight is 484 g/mol. The largest absolute Gasteiger partial charge is 0.366 e. The third kappa shape index (κ3) is 3.56. The predicted octanol–water partition coefficient (Wildman–Crippen LogP) is 6.94. The molecule has 0 fully saturated rings. The summed E-state index contributed by atoms with van der Waals surface area (Å²) in [6.07, 6.45) is 4.30. The average Bonchev–Trinajstić information content (AvgIpc) is 2.91. The van der Waals surface area contributed by atoms with Crippen molar-refractivity contribution in [3.8, 4) is 0 Å². The lowest BCUT2D eigenvalue weighted by atomic mass is 9.84. The highest BCUT2D eigenvalue weighted by Crippen LogP contribution is 2.43. The van der Waals surface area contributed by atoms with Gasteiger partial charge in [-0.25, -0.2) is 0 Å². The number of aldehydes is 2. The number of benzene rings is 6. The molecular formula is C33H25NO3. The van der Waals surface area contributed by atoms with Crippen LogP contribution in [0.5, 0.6) is 0 Å². The number of carbonyl (C=O) groups is 3. The van der Waals surface area contributed by atoms with E-state index < -0.39 is 5.91 Å². The van der Waals surface area contributed by atoms with Crippen LogP contribution in [0.25, 0.3) is 43.1 Å². The van der Waals surface area contributed by atoms with Gasteiger partial charge in [0.05, 0.1) is 0 Å². The SMILES string of the molecule is Cc1cccc(CCCc2ccc3c4ccc(C=O)c5c(C=O)ccc(c6ccc(C(N)=O)c2c36)c54)c1. The van der Waals surface area contributed by atoms with Crippen molar-refractivity contribution in [2.24, 2.45) is 5.73 Å². The zero-order valence-corrected chi connectivity index (χ0v) is 20.5. The van der Waals surface area contributed by atoms with Crippen LogP contribution in [-0.2, 0) is 12.8 Å². The minimum atomic E-state index is -0.452. The molecule has 180 valence electrons. The summed E-state index contributed by atoms with van der Waals surface area (Å²) < 4.78 is 0. The van der Waals surface area contributed by atoms with E-state index in [9.17, 15) is 14.4 Å². The second kappa shape index (κ2) is 8.82. The molecule has 4 nitrogen and oxygen atoms in total. The van der Waals surface area contributed by atoms with Gasteiger partial charge in [0.1, 0.15) is 0 Å². The van der Waals surface area contributed by atoms with Gasteiger partial charge in [0.15, 0.2) is 12.6 Å². The van der Waals surface area contributed by atoms with Gasteiger partial charge in [-0.1, -0.05) is 72.3 Å². The highest BCUT2D eigenvalue weighted by Gasteiger charge is 2.20. The highest BCUT2D eigenvalue weighted by atomic mass is 16.1. The van der Waals surface area contributed by atoms with E-state index in [0.717, 1.165) is 75.1 Å². The van der Waals surface area contributed by atoms with Crippen LogP contribution in [0.4, 0.5) is 0 Å². The first-order chi connectivity index (χ1) is 18.0. The van der Waals surface area contributed by atoms with Gasteiger partial charge < -0.3 is 5.73 Å². The Morgan fingerprint density at radius 2 is 1.30 bits per heavy atom. The molecule has 1 amide bonds. The van der Waals surface area contributed by atoms with Crippen LogP contribution >= 0.6 is 0 Å². The molecule has 0 aliphatic rings. The number of primary amides is 1. The van der Waals surface area contributed by atoms with Gasteiger partial charge in [0.2, 0.25) is 5.91 Å². The Morgan fingerprint density at radius 1 is 0.703 bits per heavy atom. The third-order valence-electron chi connectivity index (χ3n) is 7.57. The molecule has 6 aromatic rings. The van der Waals surface area contributed by atoms with Crippen molar-refractivity contribution in [2.45, 2.75) is 26.2 Å². The summed E-state index contributed by atoms with van der Waals surface area (Å²) in [5.74, 6) is -0.452. The van der Waals surface area contributed by atoms with Crippen molar-refractivity contribution < 1.29 is 14.4 Å². The summed E-state index contributed by atoms with van der Waals surface area (Å²) in [7, 11) is 0.